The second-order valence-electron chi connectivity index (χ2n) is 28.0. The van der Waals surface area contributed by atoms with E-state index in [0.717, 1.165) is 96.3 Å². The van der Waals surface area contributed by atoms with Crippen molar-refractivity contribution in [3.63, 3.8) is 0 Å². The van der Waals surface area contributed by atoms with Crippen LogP contribution >= 0.6 is 7.82 Å². The number of phosphoric acid groups is 1. The molecule has 0 amide bonds. The minimum atomic E-state index is -5.70. The maximum absolute atomic E-state index is 14.3. The Morgan fingerprint density at radius 1 is 0.418 bits per heavy atom. The smallest absolute Gasteiger partial charge is 0.463 e. The third-order valence-electron chi connectivity index (χ3n) is 19.2. The molecule has 0 bridgehead atoms. The van der Waals surface area contributed by atoms with E-state index in [1.165, 1.54) is 135 Å². The van der Waals surface area contributed by atoms with Crippen LogP contribution < -0.4 is 0 Å². The molecule has 98 heavy (non-hydrogen) atoms. The molecule has 19 unspecified atom stereocenters. The van der Waals surface area contributed by atoms with Crippen LogP contribution in [-0.4, -0.2) is 204 Å². The Kier molecular flexibility index (Phi) is 49.9. The number of aliphatic hydroxyl groups is 10. The van der Waals surface area contributed by atoms with Crippen LogP contribution in [0.2, 0.25) is 0 Å². The first-order valence-corrected chi connectivity index (χ1v) is 39.9. The van der Waals surface area contributed by atoms with Crippen molar-refractivity contribution in [3.05, 3.63) is 12.2 Å². The molecular formula is C73H135O24P. The topological polar surface area (TPSA) is 374 Å². The highest BCUT2D eigenvalue weighted by Gasteiger charge is 2.58. The number of carbonyl (C=O) groups excluding carboxylic acids is 3. The summed E-state index contributed by atoms with van der Waals surface area (Å²) >= 11 is 0. The second-order valence-corrected chi connectivity index (χ2v) is 29.4. The molecule has 24 nitrogen and oxygen atoms in total. The van der Waals surface area contributed by atoms with E-state index in [9.17, 15) is 74.9 Å². The molecule has 25 heteroatoms. The van der Waals surface area contributed by atoms with E-state index < -0.39 is 156 Å². The average molecular weight is 1430 g/mol. The number of aliphatic hydroxyl groups excluding tert-OH is 10. The van der Waals surface area contributed by atoms with Crippen molar-refractivity contribution in [1.82, 2.24) is 0 Å². The summed E-state index contributed by atoms with van der Waals surface area (Å²) in [5.41, 5.74) is 0. The fraction of sp³-hybridized carbons (Fsp3) is 0.932. The van der Waals surface area contributed by atoms with Gasteiger partial charge in [0.1, 0.15) is 98.7 Å². The van der Waals surface area contributed by atoms with Crippen molar-refractivity contribution in [2.24, 2.45) is 5.92 Å². The van der Waals surface area contributed by atoms with E-state index in [2.05, 4.69) is 39.8 Å². The third-order valence-corrected chi connectivity index (χ3v) is 20.2. The molecule has 2 aliphatic heterocycles. The average Bonchev–Trinajstić information content (AvgIpc) is 0.763. The molecule has 1 aliphatic carbocycles. The largest absolute Gasteiger partial charge is 0.472 e. The zero-order valence-corrected chi connectivity index (χ0v) is 61.1. The first-order valence-electron chi connectivity index (χ1n) is 38.4. The van der Waals surface area contributed by atoms with E-state index in [-0.39, 0.29) is 19.3 Å². The molecule has 0 spiro atoms. The number of phosphoric ester groups is 1. The van der Waals surface area contributed by atoms with Gasteiger partial charge in [0.15, 0.2) is 18.7 Å². The summed E-state index contributed by atoms with van der Waals surface area (Å²) in [6.45, 7) is 5.75. The summed E-state index contributed by atoms with van der Waals surface area (Å²) in [6, 6.07) is 0. The molecule has 3 rings (SSSR count). The van der Waals surface area contributed by atoms with Crippen LogP contribution in [0.5, 0.6) is 0 Å². The van der Waals surface area contributed by atoms with E-state index >= 15 is 0 Å². The van der Waals surface area contributed by atoms with Gasteiger partial charge in [-0.1, -0.05) is 245 Å². The van der Waals surface area contributed by atoms with Gasteiger partial charge in [0.05, 0.1) is 13.2 Å². The minimum Gasteiger partial charge on any atom is -0.463 e. The summed E-state index contributed by atoms with van der Waals surface area (Å²) in [4.78, 5) is 51.1. The van der Waals surface area contributed by atoms with Gasteiger partial charge in [-0.3, -0.25) is 23.4 Å². The van der Waals surface area contributed by atoms with Crippen molar-refractivity contribution in [2.45, 2.75) is 402 Å². The highest BCUT2D eigenvalue weighted by molar-refractivity contribution is 7.47. The first-order chi connectivity index (χ1) is 47.2. The number of hydrogen-bond donors (Lipinski definition) is 11. The Morgan fingerprint density at radius 3 is 1.21 bits per heavy atom. The zero-order chi connectivity index (χ0) is 71.9. The highest BCUT2D eigenvalue weighted by atomic mass is 31.2. The van der Waals surface area contributed by atoms with Crippen molar-refractivity contribution in [1.29, 1.82) is 0 Å². The number of allylic oxidation sites excluding steroid dienone is 2. The van der Waals surface area contributed by atoms with Crippen LogP contribution in [0, 0.1) is 5.92 Å². The number of ether oxygens (including phenoxy) is 7. The minimum absolute atomic E-state index is 0.0269. The molecule has 0 aromatic heterocycles. The summed E-state index contributed by atoms with van der Waals surface area (Å²) in [5.74, 6) is -1.32. The molecule has 11 N–H and O–H groups in total. The van der Waals surface area contributed by atoms with Gasteiger partial charge in [-0.2, -0.15) is 0 Å². The summed E-state index contributed by atoms with van der Waals surface area (Å²) in [5, 5.41) is 110. The molecule has 2 heterocycles. The Morgan fingerprint density at radius 2 is 0.776 bits per heavy atom. The van der Waals surface area contributed by atoms with Crippen LogP contribution in [0.25, 0.3) is 0 Å². The second kappa shape index (κ2) is 54.3. The fourth-order valence-corrected chi connectivity index (χ4v) is 13.8. The van der Waals surface area contributed by atoms with Gasteiger partial charge >= 0.3 is 25.7 Å². The Hall–Kier alpha value is -2.30. The quantitative estimate of drug-likeness (QED) is 0.00886. The lowest BCUT2D eigenvalue weighted by molar-refractivity contribution is -0.360. The standard InChI is InChI=1S/C73H135O24P/c1-5-8-11-14-17-19-21-23-25-27-28-30-36-41-46-57(75)89-50-54(92-59(77)48-43-38-33-32-35-40-45-53(4)44-39-34-16-13-10-7-3)51-91-98(87,88)97-71-69(95-72-67(85)62(80)60(78)55(49-74)93-72)65(83)64(82)66(84)70(71)96-73-68(86)63(81)61(79)56(94-73)52-90-58(76)47-42-37-31-29-26-24-22-20-18-15-12-9-6-2/h25,27,53-56,60-74,78-86H,5-24,26,28-52H2,1-4H3,(H,87,88)/b27-25-. The monoisotopic (exact) mass is 1430 g/mol. The van der Waals surface area contributed by atoms with Gasteiger partial charge in [0.2, 0.25) is 0 Å². The maximum atomic E-state index is 14.3. The van der Waals surface area contributed by atoms with Crippen LogP contribution in [0.15, 0.2) is 12.2 Å². The van der Waals surface area contributed by atoms with E-state index in [1.807, 2.05) is 0 Å². The fourth-order valence-electron chi connectivity index (χ4n) is 12.8. The van der Waals surface area contributed by atoms with Gasteiger partial charge in [-0.15, -0.1) is 0 Å². The van der Waals surface area contributed by atoms with E-state index in [1.54, 1.807) is 0 Å². The predicted octanol–water partition coefficient (Wildman–Crippen LogP) is 10.6. The zero-order valence-electron chi connectivity index (χ0n) is 60.2. The van der Waals surface area contributed by atoms with Gasteiger partial charge in [0.25, 0.3) is 0 Å². The molecule has 2 saturated heterocycles. The van der Waals surface area contributed by atoms with Crippen molar-refractivity contribution in [3.8, 4) is 0 Å². The lowest BCUT2D eigenvalue weighted by atomic mass is 9.84. The van der Waals surface area contributed by atoms with Gasteiger partial charge in [-0.25, -0.2) is 4.57 Å². The highest BCUT2D eigenvalue weighted by Crippen LogP contribution is 2.49. The molecule has 0 radical (unpaired) electrons. The molecular weight excluding hydrogens is 1290 g/mol. The lowest BCUT2D eigenvalue weighted by Crippen LogP contribution is -2.69. The first kappa shape index (κ1) is 89.9. The number of carbonyl (C=O) groups is 3. The SMILES string of the molecule is CCCCCCCCC/C=C\CCCCCC(=O)OCC(COP(=O)(O)OC1C(OC2OC(CO)C(O)C(O)C2O)C(O)C(O)C(O)C1OC1OC(COC(=O)CCCCCCCCCCCCCCC)C(O)C(O)C1O)OC(=O)CCCCCCCCC(C)CCCCCCCC. The number of hydrogen-bond acceptors (Lipinski definition) is 23. The van der Waals surface area contributed by atoms with Gasteiger partial charge < -0.3 is 89.1 Å². The van der Waals surface area contributed by atoms with Crippen molar-refractivity contribution < 1.29 is 117 Å². The molecule has 1 saturated carbocycles. The number of unbranched alkanes of at least 4 members (excludes halogenated alkanes) is 32. The normalized spacial score (nSPS) is 28.0. The Bertz CT molecular complexity index is 2090. The summed E-state index contributed by atoms with van der Waals surface area (Å²) in [7, 11) is -5.70. The molecule has 576 valence electrons. The summed E-state index contributed by atoms with van der Waals surface area (Å²) in [6.07, 6.45) is 11.4. The maximum Gasteiger partial charge on any atom is 0.472 e. The van der Waals surface area contributed by atoms with Crippen LogP contribution in [0.1, 0.15) is 297 Å². The Labute approximate surface area is 586 Å². The third kappa shape index (κ3) is 37.4. The van der Waals surface area contributed by atoms with E-state index in [4.69, 9.17) is 42.2 Å². The molecule has 0 aromatic carbocycles. The molecule has 0 aromatic rings. The van der Waals surface area contributed by atoms with Crippen molar-refractivity contribution in [2.75, 3.05) is 26.4 Å². The van der Waals surface area contributed by atoms with Crippen LogP contribution in [0.3, 0.4) is 0 Å². The van der Waals surface area contributed by atoms with E-state index in [0.29, 0.717) is 25.2 Å². The van der Waals surface area contributed by atoms with Crippen LogP contribution in [0.4, 0.5) is 0 Å². The predicted molar refractivity (Wildman–Crippen MR) is 370 cm³/mol. The summed E-state index contributed by atoms with van der Waals surface area (Å²) < 4.78 is 65.1. The number of rotatable bonds is 59. The van der Waals surface area contributed by atoms with Gasteiger partial charge in [-0.05, 0) is 50.9 Å². The molecule has 19 atom stereocenters. The number of esters is 3. The Balaban J connectivity index is 1.75. The van der Waals surface area contributed by atoms with Crippen LogP contribution in [-0.2, 0) is 61.2 Å². The molecule has 3 aliphatic rings. The van der Waals surface area contributed by atoms with Crippen molar-refractivity contribution >= 4 is 25.7 Å². The van der Waals surface area contributed by atoms with Gasteiger partial charge in [0, 0.05) is 19.3 Å². The molecule has 3 fully saturated rings. The lowest BCUT2D eigenvalue weighted by Gasteiger charge is -2.49.